The molecule has 0 unspecified atom stereocenters. The molecule has 1 rings (SSSR count). The van der Waals surface area contributed by atoms with Crippen molar-refractivity contribution in [2.75, 3.05) is 11.5 Å². The molecule has 0 aliphatic rings. The van der Waals surface area contributed by atoms with E-state index in [1.54, 1.807) is 23.9 Å². The normalized spacial score (nSPS) is 9.62. The second-order valence-electron chi connectivity index (χ2n) is 2.42. The molecule has 0 N–H and O–H groups in total. The Morgan fingerprint density at radius 1 is 1.38 bits per heavy atom. The van der Waals surface area contributed by atoms with Gasteiger partial charge in [-0.25, -0.2) is 0 Å². The Hall–Kier alpha value is -0.960. The number of thioether (sulfide) groups is 1. The largest absolute Gasteiger partial charge is 0.426 e. The van der Waals surface area contributed by atoms with E-state index in [-0.39, 0.29) is 5.97 Å². The summed E-state index contributed by atoms with van der Waals surface area (Å²) in [6, 6.07) is 9.12. The highest BCUT2D eigenvalue weighted by molar-refractivity contribution is 7.99. The van der Waals surface area contributed by atoms with Crippen molar-refractivity contribution in [2.24, 2.45) is 0 Å². The van der Waals surface area contributed by atoms with Gasteiger partial charge in [-0.05, 0) is 17.9 Å². The van der Waals surface area contributed by atoms with Crippen LogP contribution in [0.5, 0.6) is 5.75 Å². The second-order valence-corrected chi connectivity index (χ2v) is 3.70. The van der Waals surface area contributed by atoms with Gasteiger partial charge in [0, 0.05) is 0 Å². The first-order valence-electron chi connectivity index (χ1n) is 4.16. The van der Waals surface area contributed by atoms with Crippen LogP contribution in [0.3, 0.4) is 0 Å². The molecule has 0 heterocycles. The smallest absolute Gasteiger partial charge is 0.321 e. The van der Waals surface area contributed by atoms with Crippen molar-refractivity contribution < 1.29 is 9.53 Å². The van der Waals surface area contributed by atoms with Crippen molar-refractivity contribution in [2.45, 2.75) is 6.92 Å². The Balaban J connectivity index is 2.37. The zero-order valence-electron chi connectivity index (χ0n) is 7.53. The molecule has 0 saturated heterocycles. The molecule has 70 valence electrons. The first-order chi connectivity index (χ1) is 6.33. The minimum Gasteiger partial charge on any atom is -0.426 e. The number of benzene rings is 1. The zero-order chi connectivity index (χ0) is 9.52. The summed E-state index contributed by atoms with van der Waals surface area (Å²) in [4.78, 5) is 11.1. The molecule has 0 aromatic heterocycles. The van der Waals surface area contributed by atoms with Crippen LogP contribution < -0.4 is 4.74 Å². The molecule has 0 spiro atoms. The second kappa shape index (κ2) is 5.65. The third-order valence-corrected chi connectivity index (χ3v) is 2.25. The van der Waals surface area contributed by atoms with Crippen LogP contribution in [0.25, 0.3) is 0 Å². The van der Waals surface area contributed by atoms with Gasteiger partial charge in [-0.15, -0.1) is 0 Å². The van der Waals surface area contributed by atoms with Gasteiger partial charge in [0.2, 0.25) is 0 Å². The van der Waals surface area contributed by atoms with Crippen molar-refractivity contribution in [3.8, 4) is 5.75 Å². The lowest BCUT2D eigenvalue weighted by atomic mass is 10.3. The molecule has 0 atom stereocenters. The van der Waals surface area contributed by atoms with Crippen molar-refractivity contribution in [1.82, 2.24) is 0 Å². The van der Waals surface area contributed by atoms with Crippen LogP contribution in [0.1, 0.15) is 6.92 Å². The van der Waals surface area contributed by atoms with Crippen LogP contribution in [0.15, 0.2) is 30.3 Å². The number of carbonyl (C=O) groups excluding carboxylic acids is 1. The lowest BCUT2D eigenvalue weighted by Crippen LogP contribution is -2.10. The maximum atomic E-state index is 11.1. The molecule has 0 saturated carbocycles. The van der Waals surface area contributed by atoms with E-state index in [9.17, 15) is 4.79 Å². The molecule has 0 amide bonds. The molecular weight excluding hydrogens is 184 g/mol. The quantitative estimate of drug-likeness (QED) is 0.546. The summed E-state index contributed by atoms with van der Waals surface area (Å²) in [5.74, 6) is 1.79. The van der Waals surface area contributed by atoms with Gasteiger partial charge >= 0.3 is 5.97 Å². The van der Waals surface area contributed by atoms with Gasteiger partial charge in [0.05, 0.1) is 5.75 Å². The maximum Gasteiger partial charge on any atom is 0.321 e. The number of rotatable bonds is 4. The first kappa shape index (κ1) is 10.1. The first-order valence-corrected chi connectivity index (χ1v) is 5.32. The summed E-state index contributed by atoms with van der Waals surface area (Å²) in [7, 11) is 0. The predicted molar refractivity (Wildman–Crippen MR) is 55.1 cm³/mol. The molecule has 0 fully saturated rings. The average molecular weight is 196 g/mol. The number of hydrogen-bond acceptors (Lipinski definition) is 3. The third-order valence-electron chi connectivity index (χ3n) is 1.40. The minimum absolute atomic E-state index is 0.182. The number of ether oxygens (including phenoxy) is 1. The van der Waals surface area contributed by atoms with Gasteiger partial charge in [0.1, 0.15) is 5.75 Å². The molecule has 1 aromatic rings. The van der Waals surface area contributed by atoms with E-state index in [1.165, 1.54) is 0 Å². The van der Waals surface area contributed by atoms with Crippen molar-refractivity contribution >= 4 is 17.7 Å². The lowest BCUT2D eigenvalue weighted by molar-refractivity contribution is -0.131. The molecule has 0 aliphatic heterocycles. The highest BCUT2D eigenvalue weighted by Crippen LogP contribution is 2.09. The molecule has 0 radical (unpaired) electrons. The summed E-state index contributed by atoms with van der Waals surface area (Å²) in [6.45, 7) is 2.01. The fourth-order valence-corrected chi connectivity index (χ4v) is 1.26. The standard InChI is InChI=1S/C10H12O2S/c1-2-13-8-10(11)12-9-6-4-3-5-7-9/h3-7H,2,8H2,1H3. The van der Waals surface area contributed by atoms with Crippen LogP contribution in [0.2, 0.25) is 0 Å². The Labute approximate surface area is 82.3 Å². The van der Waals surface area contributed by atoms with E-state index in [1.807, 2.05) is 25.1 Å². The van der Waals surface area contributed by atoms with Gasteiger partial charge in [-0.2, -0.15) is 11.8 Å². The summed E-state index contributed by atoms with van der Waals surface area (Å²) in [6.07, 6.45) is 0. The zero-order valence-corrected chi connectivity index (χ0v) is 8.34. The fourth-order valence-electron chi connectivity index (χ4n) is 0.835. The molecule has 3 heteroatoms. The third kappa shape index (κ3) is 3.99. The number of carbonyl (C=O) groups is 1. The number of hydrogen-bond donors (Lipinski definition) is 0. The molecule has 0 aliphatic carbocycles. The molecular formula is C10H12O2S. The lowest BCUT2D eigenvalue weighted by Gasteiger charge is -2.02. The molecule has 13 heavy (non-hydrogen) atoms. The van der Waals surface area contributed by atoms with E-state index < -0.39 is 0 Å². The van der Waals surface area contributed by atoms with Crippen LogP contribution in [-0.4, -0.2) is 17.5 Å². The van der Waals surface area contributed by atoms with Crippen LogP contribution >= 0.6 is 11.8 Å². The summed E-state index contributed by atoms with van der Waals surface area (Å²) >= 11 is 1.56. The molecule has 0 bridgehead atoms. The number of para-hydroxylation sites is 1. The topological polar surface area (TPSA) is 26.3 Å². The van der Waals surface area contributed by atoms with Crippen molar-refractivity contribution in [3.63, 3.8) is 0 Å². The Morgan fingerprint density at radius 2 is 2.08 bits per heavy atom. The molecule has 2 nitrogen and oxygen atoms in total. The Bertz CT molecular complexity index is 259. The summed E-state index contributed by atoms with van der Waals surface area (Å²) in [5, 5.41) is 0. The highest BCUT2D eigenvalue weighted by atomic mass is 32.2. The van der Waals surface area contributed by atoms with Crippen molar-refractivity contribution in [1.29, 1.82) is 0 Å². The van der Waals surface area contributed by atoms with E-state index in [4.69, 9.17) is 4.74 Å². The van der Waals surface area contributed by atoms with Gasteiger partial charge in [-0.1, -0.05) is 25.1 Å². The SMILES string of the molecule is CCSCC(=O)Oc1ccccc1. The monoisotopic (exact) mass is 196 g/mol. The van der Waals surface area contributed by atoms with E-state index >= 15 is 0 Å². The summed E-state index contributed by atoms with van der Waals surface area (Å²) < 4.78 is 5.06. The van der Waals surface area contributed by atoms with Crippen LogP contribution in [0, 0.1) is 0 Å². The van der Waals surface area contributed by atoms with Gasteiger partial charge in [-0.3, -0.25) is 4.79 Å². The highest BCUT2D eigenvalue weighted by Gasteiger charge is 2.02. The van der Waals surface area contributed by atoms with Crippen LogP contribution in [-0.2, 0) is 4.79 Å². The molecule has 1 aromatic carbocycles. The predicted octanol–water partition coefficient (Wildman–Crippen LogP) is 2.35. The minimum atomic E-state index is -0.182. The van der Waals surface area contributed by atoms with Gasteiger partial charge in [0.25, 0.3) is 0 Å². The van der Waals surface area contributed by atoms with E-state index in [0.717, 1.165) is 5.75 Å². The van der Waals surface area contributed by atoms with E-state index in [2.05, 4.69) is 0 Å². The maximum absolute atomic E-state index is 11.1. The van der Waals surface area contributed by atoms with Gasteiger partial charge < -0.3 is 4.74 Å². The van der Waals surface area contributed by atoms with E-state index in [0.29, 0.717) is 11.5 Å². The van der Waals surface area contributed by atoms with Gasteiger partial charge in [0.15, 0.2) is 0 Å². The average Bonchev–Trinajstić information content (AvgIpc) is 2.16. The Kier molecular flexibility index (Phi) is 4.40. The summed E-state index contributed by atoms with van der Waals surface area (Å²) in [5.41, 5.74) is 0. The Morgan fingerprint density at radius 3 is 2.69 bits per heavy atom. The van der Waals surface area contributed by atoms with Crippen molar-refractivity contribution in [3.05, 3.63) is 30.3 Å². The van der Waals surface area contributed by atoms with Crippen LogP contribution in [0.4, 0.5) is 0 Å². The number of esters is 1. The fraction of sp³-hybridized carbons (Fsp3) is 0.300.